The van der Waals surface area contributed by atoms with Gasteiger partial charge in [0.05, 0.1) is 18.9 Å². The van der Waals surface area contributed by atoms with Gasteiger partial charge in [-0.1, -0.05) is 29.8 Å². The highest BCUT2D eigenvalue weighted by Crippen LogP contribution is 2.24. The van der Waals surface area contributed by atoms with Crippen LogP contribution in [0.5, 0.6) is 11.5 Å². The molecule has 0 spiro atoms. The summed E-state index contributed by atoms with van der Waals surface area (Å²) in [5.41, 5.74) is 2.29. The van der Waals surface area contributed by atoms with Gasteiger partial charge < -0.3 is 9.47 Å². The maximum Gasteiger partial charge on any atom is 0.189 e. The number of methoxy groups -OCH3 is 1. The van der Waals surface area contributed by atoms with Gasteiger partial charge in [0.25, 0.3) is 0 Å². The number of halogens is 1. The summed E-state index contributed by atoms with van der Waals surface area (Å²) in [5, 5.41) is 4.62. The fourth-order valence-corrected chi connectivity index (χ4v) is 2.73. The summed E-state index contributed by atoms with van der Waals surface area (Å²) < 4.78 is 12.8. The lowest BCUT2D eigenvalue weighted by Gasteiger charge is -2.11. The van der Waals surface area contributed by atoms with Crippen molar-refractivity contribution in [3.8, 4) is 11.5 Å². The molecule has 0 saturated heterocycles. The summed E-state index contributed by atoms with van der Waals surface area (Å²) in [6, 6.07) is 12.9. The van der Waals surface area contributed by atoms with Crippen molar-refractivity contribution < 1.29 is 14.3 Å². The molecule has 1 heterocycles. The lowest BCUT2D eigenvalue weighted by atomic mass is 10.1. The van der Waals surface area contributed by atoms with Crippen molar-refractivity contribution in [1.29, 1.82) is 0 Å². The second-order valence-corrected chi connectivity index (χ2v) is 6.35. The van der Waals surface area contributed by atoms with Crippen LogP contribution in [0.15, 0.2) is 60.9 Å². The van der Waals surface area contributed by atoms with Crippen LogP contribution in [0.2, 0.25) is 5.02 Å². The van der Waals surface area contributed by atoms with Crippen LogP contribution in [-0.4, -0.2) is 22.7 Å². The van der Waals surface area contributed by atoms with Crippen LogP contribution >= 0.6 is 11.6 Å². The molecule has 0 N–H and O–H groups in total. The third-order valence-corrected chi connectivity index (χ3v) is 4.15. The number of carbonyl (C=O) groups excluding carboxylic acids is 1. The minimum absolute atomic E-state index is 0.101. The van der Waals surface area contributed by atoms with Gasteiger partial charge in [0.1, 0.15) is 18.1 Å². The standard InChI is InChI=1S/C21H19ClN2O3/c1-24-13-17(12-23-24)20(25)8-6-15-7-9-21(26-2)16(10-15)14-27-19-5-3-4-18(22)11-19/h3-13H,14H2,1-2H3/b8-6+. The number of hydrogen-bond donors (Lipinski definition) is 0. The van der Waals surface area contributed by atoms with Crippen molar-refractivity contribution in [2.45, 2.75) is 6.61 Å². The maximum absolute atomic E-state index is 12.2. The Labute approximate surface area is 162 Å². The summed E-state index contributed by atoms with van der Waals surface area (Å²) in [7, 11) is 3.38. The summed E-state index contributed by atoms with van der Waals surface area (Å²) in [4.78, 5) is 12.2. The first-order valence-electron chi connectivity index (χ1n) is 8.31. The predicted octanol–water partition coefficient (Wildman–Crippen LogP) is 4.56. The van der Waals surface area contributed by atoms with Crippen LogP contribution in [-0.2, 0) is 13.7 Å². The highest BCUT2D eigenvalue weighted by Gasteiger charge is 2.07. The quantitative estimate of drug-likeness (QED) is 0.444. The van der Waals surface area contributed by atoms with Gasteiger partial charge in [0, 0.05) is 23.8 Å². The number of ether oxygens (including phenoxy) is 2. The Hall–Kier alpha value is -3.05. The molecular weight excluding hydrogens is 364 g/mol. The van der Waals surface area contributed by atoms with E-state index >= 15 is 0 Å². The topological polar surface area (TPSA) is 53.3 Å². The molecule has 2 aromatic carbocycles. The van der Waals surface area contributed by atoms with E-state index in [1.54, 1.807) is 49.4 Å². The van der Waals surface area contributed by atoms with Gasteiger partial charge in [-0.2, -0.15) is 5.10 Å². The minimum Gasteiger partial charge on any atom is -0.496 e. The minimum atomic E-state index is -0.101. The number of aromatic nitrogens is 2. The molecule has 0 saturated carbocycles. The first-order chi connectivity index (χ1) is 13.0. The zero-order valence-electron chi connectivity index (χ0n) is 15.1. The Morgan fingerprint density at radius 1 is 1.26 bits per heavy atom. The van der Waals surface area contributed by atoms with Crippen molar-refractivity contribution >= 4 is 23.5 Å². The van der Waals surface area contributed by atoms with Gasteiger partial charge in [-0.15, -0.1) is 0 Å². The molecule has 0 aliphatic rings. The molecule has 6 heteroatoms. The number of benzene rings is 2. The maximum atomic E-state index is 12.2. The number of hydrogen-bond acceptors (Lipinski definition) is 4. The average molecular weight is 383 g/mol. The van der Waals surface area contributed by atoms with Gasteiger partial charge >= 0.3 is 0 Å². The number of nitrogens with zero attached hydrogens (tertiary/aromatic N) is 2. The van der Waals surface area contributed by atoms with Gasteiger partial charge in [-0.25, -0.2) is 0 Å². The van der Waals surface area contributed by atoms with E-state index in [-0.39, 0.29) is 5.78 Å². The van der Waals surface area contributed by atoms with E-state index in [0.29, 0.717) is 28.7 Å². The van der Waals surface area contributed by atoms with Crippen LogP contribution < -0.4 is 9.47 Å². The number of rotatable bonds is 7. The highest BCUT2D eigenvalue weighted by molar-refractivity contribution is 6.30. The molecule has 0 fully saturated rings. The molecule has 0 aliphatic carbocycles. The Balaban J connectivity index is 1.74. The third-order valence-electron chi connectivity index (χ3n) is 3.91. The monoisotopic (exact) mass is 382 g/mol. The number of aryl methyl sites for hydroxylation is 1. The molecule has 0 unspecified atom stereocenters. The Morgan fingerprint density at radius 2 is 2.11 bits per heavy atom. The summed E-state index contributed by atoms with van der Waals surface area (Å²) in [6.07, 6.45) is 6.52. The van der Waals surface area contributed by atoms with E-state index < -0.39 is 0 Å². The van der Waals surface area contributed by atoms with E-state index in [9.17, 15) is 4.79 Å². The molecular formula is C21H19ClN2O3. The Morgan fingerprint density at radius 3 is 2.81 bits per heavy atom. The van der Waals surface area contributed by atoms with Crippen LogP contribution in [0.3, 0.4) is 0 Å². The first kappa shape index (κ1) is 18.7. The largest absolute Gasteiger partial charge is 0.496 e. The van der Waals surface area contributed by atoms with Crippen molar-refractivity contribution in [3.63, 3.8) is 0 Å². The first-order valence-corrected chi connectivity index (χ1v) is 8.69. The smallest absolute Gasteiger partial charge is 0.189 e. The van der Waals surface area contributed by atoms with Crippen LogP contribution in [0.4, 0.5) is 0 Å². The fraction of sp³-hybridized carbons (Fsp3) is 0.143. The third kappa shape index (κ3) is 4.99. The predicted molar refractivity (Wildman–Crippen MR) is 105 cm³/mol. The lowest BCUT2D eigenvalue weighted by Crippen LogP contribution is -1.99. The van der Waals surface area contributed by atoms with E-state index in [0.717, 1.165) is 11.1 Å². The number of carbonyl (C=O) groups is 1. The van der Waals surface area contributed by atoms with E-state index in [4.69, 9.17) is 21.1 Å². The molecule has 0 amide bonds. The molecule has 3 rings (SSSR count). The molecule has 3 aromatic rings. The second-order valence-electron chi connectivity index (χ2n) is 5.92. The van der Waals surface area contributed by atoms with Crippen LogP contribution in [0.25, 0.3) is 6.08 Å². The molecule has 5 nitrogen and oxygen atoms in total. The van der Waals surface area contributed by atoms with E-state index in [2.05, 4.69) is 5.10 Å². The second kappa shape index (κ2) is 8.56. The molecule has 27 heavy (non-hydrogen) atoms. The zero-order chi connectivity index (χ0) is 19.2. The molecule has 0 radical (unpaired) electrons. The van der Waals surface area contributed by atoms with Crippen LogP contribution in [0, 0.1) is 0 Å². The molecule has 0 atom stereocenters. The fourth-order valence-electron chi connectivity index (χ4n) is 2.55. The van der Waals surface area contributed by atoms with Crippen LogP contribution in [0.1, 0.15) is 21.5 Å². The molecule has 1 aromatic heterocycles. The van der Waals surface area contributed by atoms with Gasteiger partial charge in [0.2, 0.25) is 0 Å². The Bertz CT molecular complexity index is 979. The number of allylic oxidation sites excluding steroid dienone is 1. The normalized spacial score (nSPS) is 10.9. The lowest BCUT2D eigenvalue weighted by molar-refractivity contribution is 0.104. The molecule has 0 bridgehead atoms. The summed E-state index contributed by atoms with van der Waals surface area (Å²) >= 11 is 5.98. The summed E-state index contributed by atoms with van der Waals surface area (Å²) in [5.74, 6) is 1.29. The van der Waals surface area contributed by atoms with Gasteiger partial charge in [0.15, 0.2) is 5.78 Å². The van der Waals surface area contributed by atoms with Crippen molar-refractivity contribution in [3.05, 3.63) is 82.6 Å². The van der Waals surface area contributed by atoms with Gasteiger partial charge in [-0.05, 0) is 42.0 Å². The molecule has 0 aliphatic heterocycles. The van der Waals surface area contributed by atoms with Crippen molar-refractivity contribution in [1.82, 2.24) is 9.78 Å². The Kier molecular flexibility index (Phi) is 5.94. The van der Waals surface area contributed by atoms with E-state index in [1.165, 1.54) is 6.08 Å². The SMILES string of the molecule is COc1ccc(/C=C/C(=O)c2cnn(C)c2)cc1COc1cccc(Cl)c1. The highest BCUT2D eigenvalue weighted by atomic mass is 35.5. The molecule has 138 valence electrons. The van der Waals surface area contributed by atoms with E-state index in [1.807, 2.05) is 30.3 Å². The average Bonchev–Trinajstić information content (AvgIpc) is 3.11. The zero-order valence-corrected chi connectivity index (χ0v) is 15.8. The van der Waals surface area contributed by atoms with Crippen molar-refractivity contribution in [2.75, 3.05) is 7.11 Å². The number of ketones is 1. The summed E-state index contributed by atoms with van der Waals surface area (Å²) in [6.45, 7) is 0.321. The van der Waals surface area contributed by atoms with Crippen molar-refractivity contribution in [2.24, 2.45) is 7.05 Å². The van der Waals surface area contributed by atoms with Gasteiger partial charge in [-0.3, -0.25) is 9.48 Å².